The first-order valence-electron chi connectivity index (χ1n) is 9.37. The van der Waals surface area contributed by atoms with E-state index in [1.165, 1.54) is 0 Å². The number of esters is 1. The first kappa shape index (κ1) is 17.5. The van der Waals surface area contributed by atoms with Crippen LogP contribution in [-0.2, 0) is 14.3 Å². The summed E-state index contributed by atoms with van der Waals surface area (Å²) >= 11 is 0. The highest BCUT2D eigenvalue weighted by atomic mass is 16.6. The van der Waals surface area contributed by atoms with E-state index in [0.717, 1.165) is 44.9 Å². The van der Waals surface area contributed by atoms with Crippen molar-refractivity contribution in [1.82, 2.24) is 5.32 Å². The van der Waals surface area contributed by atoms with Crippen LogP contribution in [0.25, 0.3) is 0 Å². The van der Waals surface area contributed by atoms with Gasteiger partial charge in [0, 0.05) is 5.92 Å². The number of rotatable bonds is 7. The van der Waals surface area contributed by atoms with Crippen LogP contribution in [0.3, 0.4) is 0 Å². The topological polar surface area (TPSA) is 75.6 Å². The third kappa shape index (κ3) is 2.40. The van der Waals surface area contributed by atoms with Crippen molar-refractivity contribution in [2.75, 3.05) is 0 Å². The number of carbonyl (C=O) groups is 2. The second-order valence-electron chi connectivity index (χ2n) is 7.66. The van der Waals surface area contributed by atoms with Crippen LogP contribution in [0.4, 0.5) is 0 Å². The normalized spacial score (nSPS) is 39.0. The summed E-state index contributed by atoms with van der Waals surface area (Å²) in [6.07, 6.45) is 10.9. The van der Waals surface area contributed by atoms with E-state index in [4.69, 9.17) is 4.74 Å². The molecule has 24 heavy (non-hydrogen) atoms. The van der Waals surface area contributed by atoms with E-state index >= 15 is 0 Å². The van der Waals surface area contributed by atoms with Crippen LogP contribution in [0.5, 0.6) is 0 Å². The molecule has 1 aliphatic carbocycles. The van der Waals surface area contributed by atoms with Crippen molar-refractivity contribution in [3.05, 3.63) is 12.2 Å². The molecule has 2 N–H and O–H groups in total. The van der Waals surface area contributed by atoms with Crippen molar-refractivity contribution in [3.63, 3.8) is 0 Å². The molecule has 3 rings (SSSR count). The number of allylic oxidation sites excluding steroid dienone is 1. The number of aliphatic hydroxyl groups excluding tert-OH is 1. The van der Waals surface area contributed by atoms with Gasteiger partial charge in [-0.05, 0) is 32.6 Å². The summed E-state index contributed by atoms with van der Waals surface area (Å²) in [5, 5.41) is 13.8. The zero-order valence-corrected chi connectivity index (χ0v) is 14.7. The van der Waals surface area contributed by atoms with Crippen molar-refractivity contribution in [1.29, 1.82) is 0 Å². The molecule has 1 unspecified atom stereocenters. The van der Waals surface area contributed by atoms with Crippen LogP contribution in [0.2, 0.25) is 0 Å². The minimum absolute atomic E-state index is 0.106. The van der Waals surface area contributed by atoms with Gasteiger partial charge < -0.3 is 15.2 Å². The van der Waals surface area contributed by atoms with E-state index in [2.05, 4.69) is 12.2 Å². The lowest BCUT2D eigenvalue weighted by atomic mass is 9.64. The lowest BCUT2D eigenvalue weighted by Gasteiger charge is -2.54. The molecule has 0 radical (unpaired) electrons. The first-order chi connectivity index (χ1) is 11.5. The molecule has 5 nitrogen and oxygen atoms in total. The fraction of sp³-hybridized carbons (Fsp3) is 0.789. The standard InChI is InChI=1S/C19H29NO4/c1-3-4-5-9-12-14-16(22)20-19(17(23)24-18(14,19)2)15(21)13-10-7-6-8-11-13/h7,10,13-15,21H,3-6,8-9,11-12H2,1-2H3,(H,20,22)/t13-,14-,15+,18+,19?/m1/s1. The summed E-state index contributed by atoms with van der Waals surface area (Å²) in [5.41, 5.74) is -2.20. The van der Waals surface area contributed by atoms with E-state index in [1.54, 1.807) is 0 Å². The molecule has 2 fully saturated rings. The molecule has 134 valence electrons. The number of nitrogens with one attached hydrogen (secondary N) is 1. The van der Waals surface area contributed by atoms with E-state index in [1.807, 2.05) is 19.1 Å². The Morgan fingerprint density at radius 3 is 2.79 bits per heavy atom. The van der Waals surface area contributed by atoms with Gasteiger partial charge in [-0.1, -0.05) is 44.8 Å². The Bertz CT molecular complexity index is 545. The minimum Gasteiger partial charge on any atom is -0.453 e. The van der Waals surface area contributed by atoms with Gasteiger partial charge in [-0.15, -0.1) is 0 Å². The van der Waals surface area contributed by atoms with E-state index in [0.29, 0.717) is 6.42 Å². The number of fused-ring (bicyclic) bond motifs is 1. The van der Waals surface area contributed by atoms with Crippen molar-refractivity contribution in [3.8, 4) is 0 Å². The molecule has 5 atom stereocenters. The molecule has 2 saturated heterocycles. The predicted octanol–water partition coefficient (Wildman–Crippen LogP) is 2.47. The molecular weight excluding hydrogens is 306 g/mol. The Morgan fingerprint density at radius 2 is 2.17 bits per heavy atom. The molecule has 2 heterocycles. The Kier molecular flexibility index (Phi) is 4.73. The summed E-state index contributed by atoms with van der Waals surface area (Å²) in [5.74, 6) is -1.11. The number of amides is 1. The second kappa shape index (κ2) is 6.51. The van der Waals surface area contributed by atoms with Crippen LogP contribution in [0, 0.1) is 11.8 Å². The Labute approximate surface area is 143 Å². The molecule has 0 aromatic rings. The molecule has 0 aromatic heterocycles. The molecule has 0 saturated carbocycles. The summed E-state index contributed by atoms with van der Waals surface area (Å²) in [4.78, 5) is 24.9. The fourth-order valence-corrected chi connectivity index (χ4v) is 4.66. The Balaban J connectivity index is 1.79. The molecule has 5 heteroatoms. The van der Waals surface area contributed by atoms with Crippen LogP contribution in [0.1, 0.15) is 65.2 Å². The van der Waals surface area contributed by atoms with E-state index in [9.17, 15) is 14.7 Å². The number of unbranched alkanes of at least 4 members (excludes halogenated alkanes) is 3. The van der Waals surface area contributed by atoms with Crippen molar-refractivity contribution in [2.24, 2.45) is 11.8 Å². The SMILES string of the molecule is CCCCCC[C@@H]1C(=O)NC2([C@@H](O)[C@@H]3C=CCCC3)C(=O)O[C@@]12C. The summed E-state index contributed by atoms with van der Waals surface area (Å²) in [6.45, 7) is 3.96. The zero-order valence-electron chi connectivity index (χ0n) is 14.7. The molecule has 0 spiro atoms. The van der Waals surface area contributed by atoms with Gasteiger partial charge in [0.15, 0.2) is 5.60 Å². The lowest BCUT2D eigenvalue weighted by Crippen LogP contribution is -2.80. The molecule has 2 aliphatic heterocycles. The predicted molar refractivity (Wildman–Crippen MR) is 90.1 cm³/mol. The first-order valence-corrected chi connectivity index (χ1v) is 9.37. The highest BCUT2D eigenvalue weighted by molar-refractivity contribution is 6.01. The molecule has 0 aromatic carbocycles. The van der Waals surface area contributed by atoms with Gasteiger partial charge in [-0.25, -0.2) is 4.79 Å². The lowest BCUT2D eigenvalue weighted by molar-refractivity contribution is -0.238. The number of hydrogen-bond acceptors (Lipinski definition) is 4. The number of carbonyl (C=O) groups excluding carboxylic acids is 2. The quantitative estimate of drug-likeness (QED) is 0.426. The maximum absolute atomic E-state index is 12.6. The van der Waals surface area contributed by atoms with Gasteiger partial charge in [0.05, 0.1) is 12.0 Å². The zero-order chi connectivity index (χ0) is 17.4. The highest BCUT2D eigenvalue weighted by Crippen LogP contribution is 2.53. The average molecular weight is 335 g/mol. The van der Waals surface area contributed by atoms with Crippen LogP contribution in [-0.4, -0.2) is 34.2 Å². The Hall–Kier alpha value is -1.36. The van der Waals surface area contributed by atoms with Gasteiger partial charge in [0.1, 0.15) is 0 Å². The van der Waals surface area contributed by atoms with Crippen molar-refractivity contribution >= 4 is 11.9 Å². The Morgan fingerprint density at radius 1 is 1.38 bits per heavy atom. The number of hydrogen-bond donors (Lipinski definition) is 2. The van der Waals surface area contributed by atoms with Gasteiger partial charge in [-0.2, -0.15) is 0 Å². The van der Waals surface area contributed by atoms with Crippen molar-refractivity contribution < 1.29 is 19.4 Å². The maximum atomic E-state index is 12.6. The van der Waals surface area contributed by atoms with Crippen LogP contribution < -0.4 is 5.32 Å². The third-order valence-corrected chi connectivity index (χ3v) is 6.20. The second-order valence-corrected chi connectivity index (χ2v) is 7.66. The molecule has 1 amide bonds. The molecular formula is C19H29NO4. The fourth-order valence-electron chi connectivity index (χ4n) is 4.66. The highest BCUT2D eigenvalue weighted by Gasteiger charge is 2.79. The van der Waals surface area contributed by atoms with Gasteiger partial charge in [0.25, 0.3) is 0 Å². The average Bonchev–Trinajstić information content (AvgIpc) is 2.76. The molecule has 3 aliphatic rings. The van der Waals surface area contributed by atoms with Gasteiger partial charge >= 0.3 is 5.97 Å². The number of aliphatic hydroxyl groups is 1. The van der Waals surface area contributed by atoms with Gasteiger partial charge in [0.2, 0.25) is 11.4 Å². The maximum Gasteiger partial charge on any atom is 0.339 e. The van der Waals surface area contributed by atoms with Crippen LogP contribution >= 0.6 is 0 Å². The summed E-state index contributed by atoms with van der Waals surface area (Å²) in [7, 11) is 0. The van der Waals surface area contributed by atoms with Crippen LogP contribution in [0.15, 0.2) is 12.2 Å². The number of ether oxygens (including phenoxy) is 1. The monoisotopic (exact) mass is 335 g/mol. The van der Waals surface area contributed by atoms with Crippen molar-refractivity contribution in [2.45, 2.75) is 82.5 Å². The van der Waals surface area contributed by atoms with E-state index in [-0.39, 0.29) is 17.7 Å². The third-order valence-electron chi connectivity index (χ3n) is 6.20. The summed E-state index contributed by atoms with van der Waals surface area (Å²) in [6, 6.07) is 0. The van der Waals surface area contributed by atoms with Gasteiger partial charge in [-0.3, -0.25) is 4.79 Å². The largest absolute Gasteiger partial charge is 0.453 e. The summed E-state index contributed by atoms with van der Waals surface area (Å²) < 4.78 is 5.50. The minimum atomic E-state index is -1.27. The molecule has 0 bridgehead atoms. The van der Waals surface area contributed by atoms with E-state index < -0.39 is 23.2 Å². The smallest absolute Gasteiger partial charge is 0.339 e.